The maximum Gasteiger partial charge on any atom is 0.272 e. The zero-order valence-corrected chi connectivity index (χ0v) is 12.0. The predicted molar refractivity (Wildman–Crippen MR) is 77.8 cm³/mol. The monoisotopic (exact) mass is 278 g/mol. The topological polar surface area (TPSA) is 64.4 Å². The van der Waals surface area contributed by atoms with E-state index in [1.807, 2.05) is 12.1 Å². The molecule has 110 valence electrons. The number of hydrogen-bond acceptors (Lipinski definition) is 4. The number of para-hydroxylation sites is 1. The van der Waals surface area contributed by atoms with E-state index >= 15 is 0 Å². The SMILES string of the molecule is CCNC(Cc1ccccc1[N+](=O)[O-])C1CCOC1C. The van der Waals surface area contributed by atoms with Crippen molar-refractivity contribution in [1.82, 2.24) is 5.32 Å². The van der Waals surface area contributed by atoms with E-state index in [1.54, 1.807) is 12.1 Å². The summed E-state index contributed by atoms with van der Waals surface area (Å²) in [4.78, 5) is 10.8. The minimum atomic E-state index is -0.299. The van der Waals surface area contributed by atoms with Gasteiger partial charge in [0, 0.05) is 30.2 Å². The maximum atomic E-state index is 11.1. The van der Waals surface area contributed by atoms with E-state index < -0.39 is 0 Å². The molecule has 0 spiro atoms. The lowest BCUT2D eigenvalue weighted by molar-refractivity contribution is -0.385. The highest BCUT2D eigenvalue weighted by molar-refractivity contribution is 5.40. The molecule has 1 aliphatic rings. The molecular weight excluding hydrogens is 256 g/mol. The van der Waals surface area contributed by atoms with E-state index in [-0.39, 0.29) is 22.8 Å². The van der Waals surface area contributed by atoms with Crippen molar-refractivity contribution in [2.75, 3.05) is 13.2 Å². The van der Waals surface area contributed by atoms with Gasteiger partial charge < -0.3 is 10.1 Å². The summed E-state index contributed by atoms with van der Waals surface area (Å²) in [5.74, 6) is 0.412. The molecular formula is C15H22N2O3. The summed E-state index contributed by atoms with van der Waals surface area (Å²) in [5, 5.41) is 14.6. The van der Waals surface area contributed by atoms with Crippen LogP contribution in [0.2, 0.25) is 0 Å². The van der Waals surface area contributed by atoms with Crippen LogP contribution in [0.25, 0.3) is 0 Å². The number of rotatable bonds is 6. The molecule has 0 aromatic heterocycles. The molecule has 0 radical (unpaired) electrons. The van der Waals surface area contributed by atoms with Gasteiger partial charge in [-0.2, -0.15) is 0 Å². The fraction of sp³-hybridized carbons (Fsp3) is 0.600. The Balaban J connectivity index is 2.18. The quantitative estimate of drug-likeness (QED) is 0.641. The van der Waals surface area contributed by atoms with Crippen molar-refractivity contribution in [3.63, 3.8) is 0 Å². The lowest BCUT2D eigenvalue weighted by atomic mass is 9.88. The Kier molecular flexibility index (Phi) is 5.09. The minimum absolute atomic E-state index is 0.210. The average Bonchev–Trinajstić information content (AvgIpc) is 2.85. The zero-order valence-electron chi connectivity index (χ0n) is 12.0. The van der Waals surface area contributed by atoms with Gasteiger partial charge >= 0.3 is 0 Å². The first-order valence-electron chi connectivity index (χ1n) is 7.20. The Bertz CT molecular complexity index is 464. The van der Waals surface area contributed by atoms with Gasteiger partial charge in [-0.05, 0) is 26.3 Å². The Morgan fingerprint density at radius 3 is 2.85 bits per heavy atom. The highest BCUT2D eigenvalue weighted by Crippen LogP contribution is 2.28. The first kappa shape index (κ1) is 14.9. The van der Waals surface area contributed by atoms with Gasteiger partial charge in [0.15, 0.2) is 0 Å². The van der Waals surface area contributed by atoms with Crippen molar-refractivity contribution in [2.45, 2.75) is 38.8 Å². The Morgan fingerprint density at radius 1 is 1.50 bits per heavy atom. The predicted octanol–water partition coefficient (Wildman–Crippen LogP) is 2.54. The van der Waals surface area contributed by atoms with Crippen LogP contribution in [0.1, 0.15) is 25.8 Å². The fourth-order valence-electron chi connectivity index (χ4n) is 3.01. The Morgan fingerprint density at radius 2 is 2.25 bits per heavy atom. The highest BCUT2D eigenvalue weighted by Gasteiger charge is 2.32. The summed E-state index contributed by atoms with van der Waals surface area (Å²) in [6, 6.07) is 7.22. The van der Waals surface area contributed by atoms with E-state index in [4.69, 9.17) is 4.74 Å². The lowest BCUT2D eigenvalue weighted by Gasteiger charge is -2.26. The summed E-state index contributed by atoms with van der Waals surface area (Å²) in [5.41, 5.74) is 1.00. The molecule has 0 amide bonds. The molecule has 1 saturated heterocycles. The number of nitrogens with zero attached hydrogens (tertiary/aromatic N) is 1. The molecule has 1 N–H and O–H groups in total. The standard InChI is InChI=1S/C15H22N2O3/c1-3-16-14(13-8-9-20-11(13)2)10-12-6-4-5-7-15(12)17(18)19/h4-7,11,13-14,16H,3,8-10H2,1-2H3. The van der Waals surface area contributed by atoms with Gasteiger partial charge in [-0.3, -0.25) is 10.1 Å². The second-order valence-corrected chi connectivity index (χ2v) is 5.28. The van der Waals surface area contributed by atoms with Gasteiger partial charge in [0.25, 0.3) is 5.69 Å². The Hall–Kier alpha value is -1.46. The lowest BCUT2D eigenvalue weighted by Crippen LogP contribution is -2.40. The maximum absolute atomic E-state index is 11.1. The van der Waals surface area contributed by atoms with E-state index in [0.29, 0.717) is 12.3 Å². The number of likely N-dealkylation sites (N-methyl/N-ethyl adjacent to an activating group) is 1. The second kappa shape index (κ2) is 6.81. The number of ether oxygens (including phenoxy) is 1. The van der Waals surface area contributed by atoms with Gasteiger partial charge in [0.2, 0.25) is 0 Å². The third-order valence-corrected chi connectivity index (χ3v) is 4.05. The van der Waals surface area contributed by atoms with Crippen molar-refractivity contribution < 1.29 is 9.66 Å². The zero-order chi connectivity index (χ0) is 14.5. The largest absolute Gasteiger partial charge is 0.378 e. The van der Waals surface area contributed by atoms with Crippen LogP contribution in [0, 0.1) is 16.0 Å². The molecule has 1 aromatic carbocycles. The van der Waals surface area contributed by atoms with Crippen molar-refractivity contribution in [3.8, 4) is 0 Å². The summed E-state index contributed by atoms with van der Waals surface area (Å²) in [6.45, 7) is 5.79. The fourth-order valence-corrected chi connectivity index (χ4v) is 3.01. The summed E-state index contributed by atoms with van der Waals surface area (Å²) in [7, 11) is 0. The molecule has 1 fully saturated rings. The molecule has 5 nitrogen and oxygen atoms in total. The van der Waals surface area contributed by atoms with Crippen LogP contribution in [0.15, 0.2) is 24.3 Å². The molecule has 1 heterocycles. The van der Waals surface area contributed by atoms with E-state index in [9.17, 15) is 10.1 Å². The van der Waals surface area contributed by atoms with Crippen LogP contribution in [-0.4, -0.2) is 30.2 Å². The van der Waals surface area contributed by atoms with Crippen molar-refractivity contribution >= 4 is 5.69 Å². The molecule has 1 aromatic rings. The molecule has 2 rings (SSSR count). The molecule has 0 aliphatic carbocycles. The van der Waals surface area contributed by atoms with Crippen LogP contribution in [0.4, 0.5) is 5.69 Å². The van der Waals surface area contributed by atoms with E-state index in [2.05, 4.69) is 19.2 Å². The molecule has 0 bridgehead atoms. The number of nitrogens with one attached hydrogen (secondary N) is 1. The number of nitro groups is 1. The summed E-state index contributed by atoms with van der Waals surface area (Å²) >= 11 is 0. The van der Waals surface area contributed by atoms with Crippen LogP contribution in [0.5, 0.6) is 0 Å². The van der Waals surface area contributed by atoms with Gasteiger partial charge in [-0.25, -0.2) is 0 Å². The van der Waals surface area contributed by atoms with Crippen molar-refractivity contribution in [3.05, 3.63) is 39.9 Å². The average molecular weight is 278 g/mol. The second-order valence-electron chi connectivity index (χ2n) is 5.28. The van der Waals surface area contributed by atoms with Crippen LogP contribution < -0.4 is 5.32 Å². The normalized spacial score (nSPS) is 23.7. The number of benzene rings is 1. The van der Waals surface area contributed by atoms with E-state index in [0.717, 1.165) is 25.1 Å². The van der Waals surface area contributed by atoms with Gasteiger partial charge in [-0.15, -0.1) is 0 Å². The molecule has 3 atom stereocenters. The van der Waals surface area contributed by atoms with Gasteiger partial charge in [-0.1, -0.05) is 25.1 Å². The van der Waals surface area contributed by atoms with Crippen molar-refractivity contribution in [1.29, 1.82) is 0 Å². The first-order valence-corrected chi connectivity index (χ1v) is 7.20. The third-order valence-electron chi connectivity index (χ3n) is 4.05. The van der Waals surface area contributed by atoms with Gasteiger partial charge in [0.1, 0.15) is 0 Å². The molecule has 1 aliphatic heterocycles. The smallest absolute Gasteiger partial charge is 0.272 e. The summed E-state index contributed by atoms with van der Waals surface area (Å²) < 4.78 is 5.63. The van der Waals surface area contributed by atoms with Crippen LogP contribution >= 0.6 is 0 Å². The minimum Gasteiger partial charge on any atom is -0.378 e. The van der Waals surface area contributed by atoms with E-state index in [1.165, 1.54) is 0 Å². The Labute approximate surface area is 119 Å². The first-order chi connectivity index (χ1) is 9.63. The molecule has 3 unspecified atom stereocenters. The van der Waals surface area contributed by atoms with Crippen LogP contribution in [-0.2, 0) is 11.2 Å². The molecule has 0 saturated carbocycles. The molecule has 20 heavy (non-hydrogen) atoms. The van der Waals surface area contributed by atoms with Gasteiger partial charge in [0.05, 0.1) is 11.0 Å². The van der Waals surface area contributed by atoms with Crippen LogP contribution in [0.3, 0.4) is 0 Å². The highest BCUT2D eigenvalue weighted by atomic mass is 16.6. The third kappa shape index (κ3) is 3.35. The van der Waals surface area contributed by atoms with Crippen molar-refractivity contribution in [2.24, 2.45) is 5.92 Å². The number of hydrogen-bond donors (Lipinski definition) is 1. The molecule has 5 heteroatoms. The number of nitro benzene ring substituents is 1. The summed E-state index contributed by atoms with van der Waals surface area (Å²) in [6.07, 6.45) is 1.89.